The maximum Gasteiger partial charge on any atom is 0.276 e. The molecule has 1 aromatic heterocycles. The third-order valence-electron chi connectivity index (χ3n) is 3.41. The zero-order valence-electron chi connectivity index (χ0n) is 12.1. The molecule has 2 aromatic rings. The maximum atomic E-state index is 12.2. The quantitative estimate of drug-likeness (QED) is 0.648. The van der Waals surface area contributed by atoms with Gasteiger partial charge in [-0.15, -0.1) is 0 Å². The molecule has 1 amide bonds. The number of amides is 1. The van der Waals surface area contributed by atoms with Crippen molar-refractivity contribution in [3.63, 3.8) is 0 Å². The van der Waals surface area contributed by atoms with E-state index in [1.165, 1.54) is 4.90 Å². The lowest BCUT2D eigenvalue weighted by molar-refractivity contribution is -0.122. The Bertz CT molecular complexity index is 829. The minimum Gasteiger partial charge on any atom is -0.457 e. The van der Waals surface area contributed by atoms with E-state index in [1.807, 2.05) is 13.0 Å². The molecule has 2 heterocycles. The van der Waals surface area contributed by atoms with Gasteiger partial charge in [0.1, 0.15) is 17.2 Å². The van der Waals surface area contributed by atoms with Gasteiger partial charge < -0.3 is 9.73 Å². The first-order chi connectivity index (χ1) is 11.0. The molecule has 0 aliphatic carbocycles. The Morgan fingerprint density at radius 3 is 2.78 bits per heavy atom. The Balaban J connectivity index is 1.91. The fraction of sp³-hybridized carbons (Fsp3) is 0.125. The molecule has 0 bridgehead atoms. The molecule has 1 N–H and O–H groups in total. The highest BCUT2D eigenvalue weighted by Crippen LogP contribution is 2.34. The molecular formula is C16H12Cl2N2O2S. The summed E-state index contributed by atoms with van der Waals surface area (Å²) in [4.78, 5) is 13.6. The summed E-state index contributed by atoms with van der Waals surface area (Å²) in [6.07, 6.45) is 1.62. The van der Waals surface area contributed by atoms with Crippen LogP contribution in [0.4, 0.5) is 0 Å². The van der Waals surface area contributed by atoms with E-state index in [0.29, 0.717) is 44.5 Å². The Morgan fingerprint density at radius 2 is 2.09 bits per heavy atom. The lowest BCUT2D eigenvalue weighted by Crippen LogP contribution is -2.30. The van der Waals surface area contributed by atoms with Gasteiger partial charge in [-0.2, -0.15) is 0 Å². The number of thiocarbonyl (C=S) groups is 1. The first kappa shape index (κ1) is 16.1. The Labute approximate surface area is 148 Å². The average Bonchev–Trinajstić information content (AvgIpc) is 3.08. The van der Waals surface area contributed by atoms with E-state index in [-0.39, 0.29) is 5.91 Å². The monoisotopic (exact) mass is 366 g/mol. The van der Waals surface area contributed by atoms with Gasteiger partial charge in [0.25, 0.3) is 5.91 Å². The van der Waals surface area contributed by atoms with Crippen molar-refractivity contribution in [3.8, 4) is 11.3 Å². The zero-order chi connectivity index (χ0) is 16.6. The molecule has 0 spiro atoms. The van der Waals surface area contributed by atoms with Crippen LogP contribution in [0.25, 0.3) is 17.4 Å². The number of halogens is 2. The third-order valence-corrected chi connectivity index (χ3v) is 4.55. The van der Waals surface area contributed by atoms with Crippen LogP contribution in [0.2, 0.25) is 10.0 Å². The van der Waals surface area contributed by atoms with Crippen LogP contribution in [0.3, 0.4) is 0 Å². The van der Waals surface area contributed by atoms with Gasteiger partial charge in [-0.1, -0.05) is 29.3 Å². The van der Waals surface area contributed by atoms with Gasteiger partial charge in [-0.05, 0) is 43.4 Å². The van der Waals surface area contributed by atoms with Crippen molar-refractivity contribution >= 4 is 52.5 Å². The first-order valence-electron chi connectivity index (χ1n) is 6.90. The van der Waals surface area contributed by atoms with Crippen molar-refractivity contribution in [2.45, 2.75) is 6.92 Å². The highest BCUT2D eigenvalue weighted by molar-refractivity contribution is 7.80. The van der Waals surface area contributed by atoms with Crippen LogP contribution in [0.5, 0.6) is 0 Å². The molecule has 7 heteroatoms. The standard InChI is InChI=1S/C16H12Cl2N2O2S/c1-2-20-15(21)12(19-16(20)23)8-9-6-7-13(22-9)10-4-3-5-11(17)14(10)18/h3-8H,2H2,1H3,(H,19,23). The molecule has 1 saturated heterocycles. The van der Waals surface area contributed by atoms with Crippen LogP contribution in [0.1, 0.15) is 12.7 Å². The van der Waals surface area contributed by atoms with Crippen LogP contribution in [0.15, 0.2) is 40.4 Å². The fourth-order valence-electron chi connectivity index (χ4n) is 2.27. The normalized spacial score (nSPS) is 16.3. The van der Waals surface area contributed by atoms with E-state index in [0.717, 1.165) is 0 Å². The van der Waals surface area contributed by atoms with Gasteiger partial charge in [-0.25, -0.2) is 0 Å². The predicted molar refractivity (Wildman–Crippen MR) is 95.3 cm³/mol. The minimum atomic E-state index is -0.170. The summed E-state index contributed by atoms with van der Waals surface area (Å²) in [6, 6.07) is 8.85. The van der Waals surface area contributed by atoms with Gasteiger partial charge in [-0.3, -0.25) is 9.69 Å². The number of nitrogens with zero attached hydrogens (tertiary/aromatic N) is 1. The zero-order valence-corrected chi connectivity index (χ0v) is 14.4. The van der Waals surface area contributed by atoms with Crippen LogP contribution >= 0.6 is 35.4 Å². The van der Waals surface area contributed by atoms with Crippen LogP contribution < -0.4 is 5.32 Å². The average molecular weight is 367 g/mol. The van der Waals surface area contributed by atoms with Crippen LogP contribution in [0, 0.1) is 0 Å². The van der Waals surface area contributed by atoms with Crippen molar-refractivity contribution in [3.05, 3.63) is 51.8 Å². The number of carbonyl (C=O) groups is 1. The molecule has 23 heavy (non-hydrogen) atoms. The lowest BCUT2D eigenvalue weighted by Gasteiger charge is -2.08. The van der Waals surface area contributed by atoms with Crippen molar-refractivity contribution in [2.75, 3.05) is 6.54 Å². The molecule has 0 unspecified atom stereocenters. The van der Waals surface area contributed by atoms with Gasteiger partial charge in [0.15, 0.2) is 5.11 Å². The van der Waals surface area contributed by atoms with E-state index in [4.69, 9.17) is 39.8 Å². The second kappa shape index (κ2) is 6.35. The fourth-order valence-corrected chi connectivity index (χ4v) is 2.99. The predicted octanol–water partition coefficient (Wildman–Crippen LogP) is 4.33. The second-order valence-corrected chi connectivity index (χ2v) is 6.01. The van der Waals surface area contributed by atoms with Gasteiger partial charge in [0.05, 0.1) is 10.0 Å². The van der Waals surface area contributed by atoms with Crippen LogP contribution in [-0.2, 0) is 4.79 Å². The number of hydrogen-bond acceptors (Lipinski definition) is 3. The molecule has 1 aliphatic heterocycles. The summed E-state index contributed by atoms with van der Waals surface area (Å²) in [5.41, 5.74) is 1.08. The SMILES string of the molecule is CCN1C(=O)C(=Cc2ccc(-c3cccc(Cl)c3Cl)o2)NC1=S. The highest BCUT2D eigenvalue weighted by atomic mass is 35.5. The molecule has 0 atom stereocenters. The third kappa shape index (κ3) is 3.00. The first-order valence-corrected chi connectivity index (χ1v) is 8.06. The smallest absolute Gasteiger partial charge is 0.276 e. The topological polar surface area (TPSA) is 45.5 Å². The van der Waals surface area contributed by atoms with Crippen LogP contribution in [-0.4, -0.2) is 22.5 Å². The number of hydrogen-bond donors (Lipinski definition) is 1. The molecule has 1 aliphatic rings. The summed E-state index contributed by atoms with van der Waals surface area (Å²) in [7, 11) is 0. The largest absolute Gasteiger partial charge is 0.457 e. The summed E-state index contributed by atoms with van der Waals surface area (Å²) in [5.74, 6) is 0.925. The summed E-state index contributed by atoms with van der Waals surface area (Å²) in [5, 5.41) is 4.16. The van der Waals surface area contributed by atoms with E-state index < -0.39 is 0 Å². The van der Waals surface area contributed by atoms with E-state index >= 15 is 0 Å². The van der Waals surface area contributed by atoms with E-state index in [9.17, 15) is 4.79 Å². The Kier molecular flexibility index (Phi) is 4.43. The second-order valence-electron chi connectivity index (χ2n) is 4.84. The number of nitrogens with one attached hydrogen (secondary N) is 1. The number of likely N-dealkylation sites (N-methyl/N-ethyl adjacent to an activating group) is 1. The Morgan fingerprint density at radius 1 is 1.30 bits per heavy atom. The number of rotatable bonds is 3. The number of benzene rings is 1. The van der Waals surface area contributed by atoms with Crippen molar-refractivity contribution < 1.29 is 9.21 Å². The molecule has 118 valence electrons. The minimum absolute atomic E-state index is 0.170. The lowest BCUT2D eigenvalue weighted by atomic mass is 10.2. The summed E-state index contributed by atoms with van der Waals surface area (Å²) in [6.45, 7) is 2.38. The maximum absolute atomic E-state index is 12.2. The molecule has 0 saturated carbocycles. The molecule has 4 nitrogen and oxygen atoms in total. The van der Waals surface area contributed by atoms with E-state index in [2.05, 4.69) is 5.32 Å². The molecule has 0 radical (unpaired) electrons. The highest BCUT2D eigenvalue weighted by Gasteiger charge is 2.29. The van der Waals surface area contributed by atoms with Gasteiger partial charge in [0, 0.05) is 18.2 Å². The molecular weight excluding hydrogens is 355 g/mol. The molecule has 3 rings (SSSR count). The van der Waals surface area contributed by atoms with Crippen molar-refractivity contribution in [2.24, 2.45) is 0 Å². The summed E-state index contributed by atoms with van der Waals surface area (Å²) >= 11 is 17.3. The summed E-state index contributed by atoms with van der Waals surface area (Å²) < 4.78 is 5.75. The van der Waals surface area contributed by atoms with Crippen molar-refractivity contribution in [1.29, 1.82) is 0 Å². The van der Waals surface area contributed by atoms with Gasteiger partial charge in [0.2, 0.25) is 0 Å². The number of furan rings is 1. The van der Waals surface area contributed by atoms with Crippen molar-refractivity contribution in [1.82, 2.24) is 10.2 Å². The Hall–Kier alpha value is -1.82. The van der Waals surface area contributed by atoms with E-state index in [1.54, 1.807) is 30.3 Å². The molecule has 1 fully saturated rings. The number of carbonyl (C=O) groups excluding carboxylic acids is 1. The molecule has 1 aromatic carbocycles. The van der Waals surface area contributed by atoms with Gasteiger partial charge >= 0.3 is 0 Å².